The van der Waals surface area contributed by atoms with E-state index >= 15 is 0 Å². The zero-order valence-electron chi connectivity index (χ0n) is 11.2. The molecule has 4 nitrogen and oxygen atoms in total. The zero-order valence-corrected chi connectivity index (χ0v) is 11.2. The van der Waals surface area contributed by atoms with E-state index in [1.54, 1.807) is 7.05 Å². The molecule has 0 atom stereocenters. The summed E-state index contributed by atoms with van der Waals surface area (Å²) in [5.41, 5.74) is 2.62. The van der Waals surface area contributed by atoms with E-state index in [1.807, 2.05) is 0 Å². The summed E-state index contributed by atoms with van der Waals surface area (Å²) in [6.45, 7) is 2.11. The van der Waals surface area contributed by atoms with Gasteiger partial charge in [-0.25, -0.2) is 0 Å². The highest BCUT2D eigenvalue weighted by atomic mass is 16.5. The molecule has 19 heavy (non-hydrogen) atoms. The molecule has 0 aromatic heterocycles. The van der Waals surface area contributed by atoms with Gasteiger partial charge < -0.3 is 15.4 Å². The van der Waals surface area contributed by atoms with Gasteiger partial charge in [-0.1, -0.05) is 18.1 Å². The smallest absolute Gasteiger partial charge is 0.191 e. The Bertz CT molecular complexity index is 503. The molecule has 0 spiro atoms. The molecule has 2 rings (SSSR count). The summed E-state index contributed by atoms with van der Waals surface area (Å²) in [6, 6.07) is 6.40. The minimum Gasteiger partial charge on any atom is -0.493 e. The average Bonchev–Trinajstić information content (AvgIpc) is 2.90. The van der Waals surface area contributed by atoms with E-state index in [-0.39, 0.29) is 0 Å². The molecule has 1 aliphatic heterocycles. The molecule has 0 saturated carbocycles. The van der Waals surface area contributed by atoms with Gasteiger partial charge in [0.15, 0.2) is 5.96 Å². The molecular formula is C15H19N3O. The van der Waals surface area contributed by atoms with E-state index in [0.29, 0.717) is 6.54 Å². The van der Waals surface area contributed by atoms with Crippen molar-refractivity contribution in [3.63, 3.8) is 0 Å². The Morgan fingerprint density at radius 2 is 2.37 bits per heavy atom. The van der Waals surface area contributed by atoms with Gasteiger partial charge in [0.25, 0.3) is 0 Å². The molecule has 4 heteroatoms. The lowest BCUT2D eigenvalue weighted by molar-refractivity contribution is 0.357. The number of terminal acetylenes is 1. The highest BCUT2D eigenvalue weighted by molar-refractivity contribution is 5.79. The van der Waals surface area contributed by atoms with Gasteiger partial charge in [-0.2, -0.15) is 0 Å². The van der Waals surface area contributed by atoms with E-state index in [2.05, 4.69) is 39.7 Å². The number of fused-ring (bicyclic) bond motifs is 1. The van der Waals surface area contributed by atoms with Crippen molar-refractivity contribution in [2.24, 2.45) is 4.99 Å². The largest absolute Gasteiger partial charge is 0.493 e. The molecular weight excluding hydrogens is 238 g/mol. The number of ether oxygens (including phenoxy) is 1. The Morgan fingerprint density at radius 3 is 3.16 bits per heavy atom. The van der Waals surface area contributed by atoms with Crippen LogP contribution in [-0.2, 0) is 12.8 Å². The van der Waals surface area contributed by atoms with Gasteiger partial charge in [0.05, 0.1) is 13.2 Å². The summed E-state index contributed by atoms with van der Waals surface area (Å²) in [7, 11) is 1.73. The molecule has 0 aliphatic carbocycles. The molecule has 0 radical (unpaired) electrons. The van der Waals surface area contributed by atoms with Crippen molar-refractivity contribution in [3.8, 4) is 18.1 Å². The molecule has 1 aromatic rings. The lowest BCUT2D eigenvalue weighted by Gasteiger charge is -2.10. The number of nitrogens with zero attached hydrogens (tertiary/aromatic N) is 1. The first-order valence-electron chi connectivity index (χ1n) is 6.46. The third-order valence-electron chi connectivity index (χ3n) is 3.04. The van der Waals surface area contributed by atoms with Gasteiger partial charge in [0.2, 0.25) is 0 Å². The monoisotopic (exact) mass is 257 g/mol. The maximum atomic E-state index is 5.49. The summed E-state index contributed by atoms with van der Waals surface area (Å²) in [6.07, 6.45) is 7.16. The van der Waals surface area contributed by atoms with Crippen molar-refractivity contribution in [1.29, 1.82) is 0 Å². The standard InChI is InChI=1S/C15H19N3O/c1-3-8-17-15(16-2)18-9-6-12-4-5-14-13(11-12)7-10-19-14/h1,4-5,11H,6-10H2,2H3,(H2,16,17,18). The molecule has 1 heterocycles. The fourth-order valence-electron chi connectivity index (χ4n) is 2.08. The minimum atomic E-state index is 0.482. The normalized spacial score (nSPS) is 13.4. The molecule has 1 aromatic carbocycles. The van der Waals surface area contributed by atoms with Crippen LogP contribution >= 0.6 is 0 Å². The number of rotatable bonds is 4. The number of benzene rings is 1. The summed E-state index contributed by atoms with van der Waals surface area (Å²) in [5, 5.41) is 6.26. The van der Waals surface area contributed by atoms with E-state index in [1.165, 1.54) is 11.1 Å². The van der Waals surface area contributed by atoms with Gasteiger partial charge in [0, 0.05) is 20.0 Å². The average molecular weight is 257 g/mol. The van der Waals surface area contributed by atoms with Crippen molar-refractivity contribution in [2.45, 2.75) is 12.8 Å². The lowest BCUT2D eigenvalue weighted by Crippen LogP contribution is -2.38. The molecule has 0 unspecified atom stereocenters. The Morgan fingerprint density at radius 1 is 1.47 bits per heavy atom. The maximum Gasteiger partial charge on any atom is 0.191 e. The van der Waals surface area contributed by atoms with E-state index in [0.717, 1.165) is 37.7 Å². The van der Waals surface area contributed by atoms with E-state index in [4.69, 9.17) is 11.2 Å². The van der Waals surface area contributed by atoms with Crippen LogP contribution in [0.2, 0.25) is 0 Å². The van der Waals surface area contributed by atoms with Gasteiger partial charge in [-0.3, -0.25) is 4.99 Å². The van der Waals surface area contributed by atoms with Gasteiger partial charge in [0.1, 0.15) is 5.75 Å². The quantitative estimate of drug-likeness (QED) is 0.480. The SMILES string of the molecule is C#CCNC(=NC)NCCc1ccc2c(c1)CCO2. The van der Waals surface area contributed by atoms with E-state index < -0.39 is 0 Å². The van der Waals surface area contributed by atoms with Crippen molar-refractivity contribution in [3.05, 3.63) is 29.3 Å². The molecule has 0 amide bonds. The summed E-state index contributed by atoms with van der Waals surface area (Å²) in [5.74, 6) is 4.29. The van der Waals surface area contributed by atoms with Crippen LogP contribution in [0, 0.1) is 12.3 Å². The highest BCUT2D eigenvalue weighted by Crippen LogP contribution is 2.25. The van der Waals surface area contributed by atoms with Crippen molar-refractivity contribution >= 4 is 5.96 Å². The number of guanidine groups is 1. The van der Waals surface area contributed by atoms with Crippen molar-refractivity contribution < 1.29 is 4.74 Å². The summed E-state index contributed by atoms with van der Waals surface area (Å²) < 4.78 is 5.49. The molecule has 0 saturated heterocycles. The number of aliphatic imine (C=N–C) groups is 1. The van der Waals surface area contributed by atoms with Crippen LogP contribution in [0.4, 0.5) is 0 Å². The minimum absolute atomic E-state index is 0.482. The summed E-state index contributed by atoms with van der Waals surface area (Å²) >= 11 is 0. The third-order valence-corrected chi connectivity index (χ3v) is 3.04. The molecule has 2 N–H and O–H groups in total. The number of hydrogen-bond donors (Lipinski definition) is 2. The number of nitrogens with one attached hydrogen (secondary N) is 2. The third kappa shape index (κ3) is 3.65. The fourth-order valence-corrected chi connectivity index (χ4v) is 2.08. The van der Waals surface area contributed by atoms with Crippen LogP contribution in [-0.4, -0.2) is 32.7 Å². The second-order valence-corrected chi connectivity index (χ2v) is 4.35. The van der Waals surface area contributed by atoms with Crippen molar-refractivity contribution in [1.82, 2.24) is 10.6 Å². The van der Waals surface area contributed by atoms with Crippen LogP contribution in [0.15, 0.2) is 23.2 Å². The predicted octanol–water partition coefficient (Wildman–Crippen LogP) is 0.962. The van der Waals surface area contributed by atoms with Gasteiger partial charge in [-0.15, -0.1) is 6.42 Å². The fraction of sp³-hybridized carbons (Fsp3) is 0.400. The van der Waals surface area contributed by atoms with Crippen LogP contribution in [0.5, 0.6) is 5.75 Å². The Kier molecular flexibility index (Phi) is 4.68. The van der Waals surface area contributed by atoms with Crippen LogP contribution in [0.3, 0.4) is 0 Å². The Balaban J connectivity index is 1.81. The van der Waals surface area contributed by atoms with Crippen LogP contribution in [0.1, 0.15) is 11.1 Å². The van der Waals surface area contributed by atoms with Gasteiger partial charge >= 0.3 is 0 Å². The first kappa shape index (κ1) is 13.3. The Hall–Kier alpha value is -2.15. The van der Waals surface area contributed by atoms with Crippen LogP contribution < -0.4 is 15.4 Å². The zero-order chi connectivity index (χ0) is 13.5. The first-order valence-corrected chi connectivity index (χ1v) is 6.46. The first-order chi connectivity index (χ1) is 9.33. The maximum absolute atomic E-state index is 5.49. The van der Waals surface area contributed by atoms with Crippen LogP contribution in [0.25, 0.3) is 0 Å². The van der Waals surface area contributed by atoms with E-state index in [9.17, 15) is 0 Å². The number of hydrogen-bond acceptors (Lipinski definition) is 2. The topological polar surface area (TPSA) is 45.7 Å². The highest BCUT2D eigenvalue weighted by Gasteiger charge is 2.11. The lowest BCUT2D eigenvalue weighted by atomic mass is 10.1. The summed E-state index contributed by atoms with van der Waals surface area (Å²) in [4.78, 5) is 4.09. The van der Waals surface area contributed by atoms with Crippen molar-refractivity contribution in [2.75, 3.05) is 26.7 Å². The molecule has 0 bridgehead atoms. The second kappa shape index (κ2) is 6.69. The second-order valence-electron chi connectivity index (χ2n) is 4.35. The molecule has 0 fully saturated rings. The van der Waals surface area contributed by atoms with Gasteiger partial charge in [-0.05, 0) is 23.6 Å². The molecule has 100 valence electrons. The predicted molar refractivity (Wildman–Crippen MR) is 77.5 cm³/mol. The Labute approximate surface area is 114 Å². The molecule has 1 aliphatic rings.